The first-order chi connectivity index (χ1) is 7.56. The molecule has 1 heterocycles. The van der Waals surface area contributed by atoms with Crippen molar-refractivity contribution in [3.05, 3.63) is 34.4 Å². The van der Waals surface area contributed by atoms with E-state index in [4.69, 9.17) is 0 Å². The molecule has 0 unspecified atom stereocenters. The summed E-state index contributed by atoms with van der Waals surface area (Å²) in [6.45, 7) is 2.25. The Hall–Kier alpha value is -2.04. The van der Waals surface area contributed by atoms with Gasteiger partial charge in [0.05, 0.1) is 17.0 Å². The first-order valence-corrected chi connectivity index (χ1v) is 4.71. The van der Waals surface area contributed by atoms with Crippen molar-refractivity contribution in [2.75, 3.05) is 0 Å². The third kappa shape index (κ3) is 1.32. The number of phenolic OH excluding ortho intramolecular Hbond substituents is 2. The van der Waals surface area contributed by atoms with Gasteiger partial charge in [0.1, 0.15) is 0 Å². The van der Waals surface area contributed by atoms with Crippen LogP contribution in [0, 0.1) is 11.9 Å². The van der Waals surface area contributed by atoms with Gasteiger partial charge in [-0.05, 0) is 13.0 Å². The Morgan fingerprint density at radius 3 is 2.75 bits per heavy atom. The molecule has 0 amide bonds. The van der Waals surface area contributed by atoms with Gasteiger partial charge in [0, 0.05) is 12.7 Å². The molecule has 0 aliphatic rings. The van der Waals surface area contributed by atoms with Crippen molar-refractivity contribution in [3.63, 3.8) is 0 Å². The highest BCUT2D eigenvalue weighted by Crippen LogP contribution is 2.34. The van der Waals surface area contributed by atoms with Crippen LogP contribution < -0.4 is 5.43 Å². The van der Waals surface area contributed by atoms with Gasteiger partial charge in [-0.25, -0.2) is 4.39 Å². The zero-order valence-corrected chi connectivity index (χ0v) is 8.49. The second kappa shape index (κ2) is 3.52. The third-order valence-electron chi connectivity index (χ3n) is 2.43. The second-order valence-corrected chi connectivity index (χ2v) is 3.34. The van der Waals surface area contributed by atoms with Gasteiger partial charge in [-0.15, -0.1) is 0 Å². The van der Waals surface area contributed by atoms with Gasteiger partial charge < -0.3 is 14.8 Å². The summed E-state index contributed by atoms with van der Waals surface area (Å²) in [5.74, 6) is -2.49. The lowest BCUT2D eigenvalue weighted by atomic mass is 10.1. The van der Waals surface area contributed by atoms with Crippen LogP contribution in [0.5, 0.6) is 11.5 Å². The molecule has 1 aromatic heterocycles. The molecule has 0 saturated heterocycles. The summed E-state index contributed by atoms with van der Waals surface area (Å²) >= 11 is 0. The number of phenols is 2. The van der Waals surface area contributed by atoms with Crippen LogP contribution in [-0.4, -0.2) is 14.8 Å². The molecule has 0 fully saturated rings. The Bertz CT molecular complexity index is 619. The molecule has 2 rings (SSSR count). The Morgan fingerprint density at radius 1 is 1.44 bits per heavy atom. The second-order valence-electron chi connectivity index (χ2n) is 3.34. The monoisotopic (exact) mass is 222 g/mol. The number of pyridine rings is 1. The van der Waals surface area contributed by atoms with E-state index in [0.717, 1.165) is 6.07 Å². The van der Waals surface area contributed by atoms with Crippen LogP contribution in [0.2, 0.25) is 0 Å². The highest BCUT2D eigenvalue weighted by atomic mass is 19.1. The van der Waals surface area contributed by atoms with Crippen molar-refractivity contribution >= 4 is 10.9 Å². The van der Waals surface area contributed by atoms with E-state index in [2.05, 4.69) is 6.07 Å². The summed E-state index contributed by atoms with van der Waals surface area (Å²) in [7, 11) is 0. The maximum Gasteiger partial charge on any atom is 0.197 e. The van der Waals surface area contributed by atoms with Crippen LogP contribution in [0.15, 0.2) is 17.1 Å². The Labute approximate surface area is 90.2 Å². The molecule has 2 N–H and O–H groups in total. The molecule has 83 valence electrons. The van der Waals surface area contributed by atoms with Crippen LogP contribution in [0.1, 0.15) is 6.92 Å². The maximum atomic E-state index is 13.2. The van der Waals surface area contributed by atoms with Gasteiger partial charge in [-0.3, -0.25) is 4.79 Å². The zero-order valence-electron chi connectivity index (χ0n) is 8.49. The molecule has 0 saturated carbocycles. The van der Waals surface area contributed by atoms with Crippen LogP contribution >= 0.6 is 0 Å². The summed E-state index contributed by atoms with van der Waals surface area (Å²) in [6, 6.07) is 3.31. The van der Waals surface area contributed by atoms with Gasteiger partial charge in [0.15, 0.2) is 22.7 Å². The van der Waals surface area contributed by atoms with E-state index in [9.17, 15) is 19.4 Å². The molecule has 1 radical (unpaired) electrons. The number of hydrogen-bond donors (Lipinski definition) is 2. The molecular weight excluding hydrogens is 213 g/mol. The molecule has 0 aliphatic heterocycles. The van der Waals surface area contributed by atoms with Gasteiger partial charge >= 0.3 is 0 Å². The molecule has 5 heteroatoms. The van der Waals surface area contributed by atoms with E-state index < -0.39 is 22.7 Å². The van der Waals surface area contributed by atoms with Crippen LogP contribution in [0.4, 0.5) is 4.39 Å². The van der Waals surface area contributed by atoms with Gasteiger partial charge in [0.25, 0.3) is 0 Å². The van der Waals surface area contributed by atoms with Gasteiger partial charge in [0.2, 0.25) is 0 Å². The van der Waals surface area contributed by atoms with E-state index >= 15 is 0 Å². The maximum absolute atomic E-state index is 13.2. The molecule has 0 atom stereocenters. The molecule has 1 aromatic carbocycles. The third-order valence-corrected chi connectivity index (χ3v) is 2.43. The first-order valence-electron chi connectivity index (χ1n) is 4.71. The summed E-state index contributed by atoms with van der Waals surface area (Å²) in [5.41, 5.74) is -0.404. The molecule has 2 aromatic rings. The summed E-state index contributed by atoms with van der Waals surface area (Å²) in [5, 5.41) is 18.9. The van der Waals surface area contributed by atoms with Crippen molar-refractivity contribution in [3.8, 4) is 11.5 Å². The van der Waals surface area contributed by atoms with E-state index in [0.29, 0.717) is 6.54 Å². The number of aryl methyl sites for hydroxylation is 1. The number of aromatic nitrogens is 1. The lowest BCUT2D eigenvalue weighted by molar-refractivity contribution is 0.381. The molecule has 0 aliphatic carbocycles. The molecule has 4 nitrogen and oxygen atoms in total. The normalized spacial score (nSPS) is 10.9. The van der Waals surface area contributed by atoms with E-state index in [1.807, 2.05) is 0 Å². The summed E-state index contributed by atoms with van der Waals surface area (Å²) in [6.07, 6.45) is 1.36. The molecule has 16 heavy (non-hydrogen) atoms. The number of fused-ring (bicyclic) bond motifs is 1. The topological polar surface area (TPSA) is 62.5 Å². The van der Waals surface area contributed by atoms with Gasteiger partial charge in [-0.2, -0.15) is 0 Å². The van der Waals surface area contributed by atoms with E-state index in [1.54, 1.807) is 6.92 Å². The van der Waals surface area contributed by atoms with Gasteiger partial charge in [-0.1, -0.05) is 0 Å². The van der Waals surface area contributed by atoms with Crippen molar-refractivity contribution < 1.29 is 14.6 Å². The zero-order chi connectivity index (χ0) is 11.9. The average Bonchev–Trinajstić information content (AvgIpc) is 2.27. The average molecular weight is 222 g/mol. The number of rotatable bonds is 1. The predicted molar refractivity (Wildman–Crippen MR) is 56.0 cm³/mol. The number of halogens is 1. The Kier molecular flexibility index (Phi) is 2.30. The van der Waals surface area contributed by atoms with Crippen LogP contribution in [-0.2, 0) is 6.54 Å². The minimum Gasteiger partial charge on any atom is -0.503 e. The molecule has 0 spiro atoms. The van der Waals surface area contributed by atoms with Crippen molar-refractivity contribution in [2.45, 2.75) is 13.5 Å². The predicted octanol–water partition coefficient (Wildman–Crippen LogP) is 1.37. The SMILES string of the molecule is CCn1c[c]c(=O)c2cc(F)c(O)c(O)c21. The van der Waals surface area contributed by atoms with Crippen molar-refractivity contribution in [1.29, 1.82) is 0 Å². The highest BCUT2D eigenvalue weighted by molar-refractivity contribution is 5.87. The van der Waals surface area contributed by atoms with E-state index in [-0.39, 0.29) is 10.9 Å². The molecular formula is C11H9FNO3. The standard InChI is InChI=1S/C11H9FNO3/c1-2-13-4-3-8(14)6-5-7(12)10(15)11(16)9(6)13/h4-5,15-16H,2H2,1H3. The number of benzene rings is 1. The highest BCUT2D eigenvalue weighted by Gasteiger charge is 2.15. The van der Waals surface area contributed by atoms with Crippen LogP contribution in [0.25, 0.3) is 10.9 Å². The fraction of sp³-hybridized carbons (Fsp3) is 0.182. The smallest absolute Gasteiger partial charge is 0.197 e. The summed E-state index contributed by atoms with van der Waals surface area (Å²) < 4.78 is 14.7. The fourth-order valence-electron chi connectivity index (χ4n) is 1.61. The largest absolute Gasteiger partial charge is 0.503 e. The summed E-state index contributed by atoms with van der Waals surface area (Å²) in [4.78, 5) is 11.4. The minimum absolute atomic E-state index is 0.00264. The first kappa shape index (κ1) is 10.5. The van der Waals surface area contributed by atoms with Crippen molar-refractivity contribution in [2.24, 2.45) is 0 Å². The lowest BCUT2D eigenvalue weighted by Crippen LogP contribution is -2.08. The fourth-order valence-corrected chi connectivity index (χ4v) is 1.61. The number of aromatic hydroxyl groups is 2. The number of hydrogen-bond acceptors (Lipinski definition) is 3. The minimum atomic E-state index is -1.02. The Balaban J connectivity index is 3.05. The molecule has 0 bridgehead atoms. The lowest BCUT2D eigenvalue weighted by Gasteiger charge is -2.10. The van der Waals surface area contributed by atoms with E-state index in [1.165, 1.54) is 10.8 Å². The number of nitrogens with zero attached hydrogens (tertiary/aromatic N) is 1. The van der Waals surface area contributed by atoms with Crippen LogP contribution in [0.3, 0.4) is 0 Å². The van der Waals surface area contributed by atoms with Crippen molar-refractivity contribution in [1.82, 2.24) is 4.57 Å². The quantitative estimate of drug-likeness (QED) is 0.716. The Morgan fingerprint density at radius 2 is 2.12 bits per heavy atom.